The lowest BCUT2D eigenvalue weighted by atomic mass is 10.0. The molecule has 82 heavy (non-hydrogen) atoms. The molecule has 0 saturated heterocycles. The minimum atomic E-state index is -0.763. The van der Waals surface area contributed by atoms with Gasteiger partial charge in [0.2, 0.25) is 0 Å². The Kier molecular flexibility index (Phi) is 70.5. The zero-order valence-electron chi connectivity index (χ0n) is 56.3. The fraction of sp³-hybridized carbons (Fsp3) is 0.961. The fourth-order valence-corrected chi connectivity index (χ4v) is 12.2. The first-order chi connectivity index (χ1) is 40.5. The van der Waals surface area contributed by atoms with Gasteiger partial charge in [0, 0.05) is 19.3 Å². The average molecular weight is 1160 g/mol. The van der Waals surface area contributed by atoms with E-state index in [1.165, 1.54) is 353 Å². The van der Waals surface area contributed by atoms with Crippen LogP contribution in [0.25, 0.3) is 0 Å². The largest absolute Gasteiger partial charge is 0.462 e. The Morgan fingerprint density at radius 3 is 0.488 bits per heavy atom. The summed E-state index contributed by atoms with van der Waals surface area (Å²) in [5, 5.41) is 0. The van der Waals surface area contributed by atoms with Crippen molar-refractivity contribution in [3.05, 3.63) is 0 Å². The van der Waals surface area contributed by atoms with E-state index >= 15 is 0 Å². The number of unbranched alkanes of at least 4 members (excludes halogenated alkanes) is 61. The minimum Gasteiger partial charge on any atom is -0.462 e. The van der Waals surface area contributed by atoms with Crippen molar-refractivity contribution in [2.75, 3.05) is 13.2 Å². The lowest BCUT2D eigenvalue weighted by Crippen LogP contribution is -2.30. The zero-order valence-corrected chi connectivity index (χ0v) is 56.3. The number of hydrogen-bond acceptors (Lipinski definition) is 6. The molecule has 0 aliphatic rings. The third-order valence-electron chi connectivity index (χ3n) is 17.9. The summed E-state index contributed by atoms with van der Waals surface area (Å²) >= 11 is 0. The number of carbonyl (C=O) groups excluding carboxylic acids is 3. The molecule has 488 valence electrons. The summed E-state index contributed by atoms with van der Waals surface area (Å²) in [5.41, 5.74) is 0. The molecule has 0 spiro atoms. The third kappa shape index (κ3) is 69.2. The molecule has 6 heteroatoms. The van der Waals surface area contributed by atoms with E-state index in [2.05, 4.69) is 20.8 Å². The number of carbonyl (C=O) groups is 3. The van der Waals surface area contributed by atoms with E-state index in [0.717, 1.165) is 57.8 Å². The van der Waals surface area contributed by atoms with Gasteiger partial charge < -0.3 is 14.2 Å². The van der Waals surface area contributed by atoms with Crippen molar-refractivity contribution in [3.8, 4) is 0 Å². The fourth-order valence-electron chi connectivity index (χ4n) is 12.2. The van der Waals surface area contributed by atoms with E-state index < -0.39 is 6.10 Å². The van der Waals surface area contributed by atoms with Gasteiger partial charge in [-0.15, -0.1) is 0 Å². The Balaban J connectivity index is 4.07. The van der Waals surface area contributed by atoms with Gasteiger partial charge in [0.05, 0.1) is 0 Å². The van der Waals surface area contributed by atoms with Crippen molar-refractivity contribution in [2.24, 2.45) is 0 Å². The Hall–Kier alpha value is -1.59. The summed E-state index contributed by atoms with van der Waals surface area (Å²) in [6.07, 6.45) is 85.9. The van der Waals surface area contributed by atoms with E-state index in [0.29, 0.717) is 19.3 Å². The summed E-state index contributed by atoms with van der Waals surface area (Å²) in [5.74, 6) is -0.818. The van der Waals surface area contributed by atoms with Crippen LogP contribution in [0.5, 0.6) is 0 Å². The highest BCUT2D eigenvalue weighted by atomic mass is 16.6. The quantitative estimate of drug-likeness (QED) is 0.0343. The molecular formula is C76H148O6. The molecule has 0 bridgehead atoms. The molecule has 0 aliphatic carbocycles. The molecule has 0 aliphatic heterocycles. The van der Waals surface area contributed by atoms with E-state index in [1.807, 2.05) is 0 Å². The predicted octanol–water partition coefficient (Wildman–Crippen LogP) is 26.2. The Morgan fingerprint density at radius 2 is 0.329 bits per heavy atom. The highest BCUT2D eigenvalue weighted by molar-refractivity contribution is 5.71. The maximum Gasteiger partial charge on any atom is 0.306 e. The zero-order chi connectivity index (χ0) is 59.2. The van der Waals surface area contributed by atoms with Gasteiger partial charge in [-0.3, -0.25) is 14.4 Å². The summed E-state index contributed by atoms with van der Waals surface area (Å²) in [7, 11) is 0. The van der Waals surface area contributed by atoms with Crippen molar-refractivity contribution in [3.63, 3.8) is 0 Å². The molecule has 0 rings (SSSR count). The average Bonchev–Trinajstić information content (AvgIpc) is 3.47. The monoisotopic (exact) mass is 1160 g/mol. The summed E-state index contributed by atoms with van der Waals surface area (Å²) < 4.78 is 17.0. The van der Waals surface area contributed by atoms with Gasteiger partial charge in [-0.05, 0) is 19.3 Å². The first-order valence-electron chi connectivity index (χ1n) is 38.0. The summed E-state index contributed by atoms with van der Waals surface area (Å²) in [6, 6.07) is 0. The molecule has 1 unspecified atom stereocenters. The minimum absolute atomic E-state index is 0.0601. The van der Waals surface area contributed by atoms with E-state index in [4.69, 9.17) is 14.2 Å². The van der Waals surface area contributed by atoms with Crippen molar-refractivity contribution in [1.82, 2.24) is 0 Å². The van der Waals surface area contributed by atoms with Crippen LogP contribution < -0.4 is 0 Å². The van der Waals surface area contributed by atoms with Crippen LogP contribution in [0.3, 0.4) is 0 Å². The van der Waals surface area contributed by atoms with Crippen molar-refractivity contribution < 1.29 is 28.6 Å². The van der Waals surface area contributed by atoms with Crippen LogP contribution in [0, 0.1) is 0 Å². The van der Waals surface area contributed by atoms with Crippen molar-refractivity contribution >= 4 is 17.9 Å². The van der Waals surface area contributed by atoms with Crippen LogP contribution in [0.1, 0.15) is 451 Å². The molecule has 0 heterocycles. The SMILES string of the molecule is CCCCCCCCCCCCCCCCCCCCCCCCCCCCCCCCCCCC(=O)OCC(COC(=O)CCCCCCCCCCCCCCCCC)OC(=O)CCCCCCCCCCCCCCCCCC. The molecule has 0 radical (unpaired) electrons. The maximum absolute atomic E-state index is 12.9. The maximum atomic E-state index is 12.9. The number of rotatable bonds is 72. The normalized spacial score (nSPS) is 11.9. The predicted molar refractivity (Wildman–Crippen MR) is 358 cm³/mol. The van der Waals surface area contributed by atoms with E-state index in [-0.39, 0.29) is 31.1 Å². The Labute approximate surface area is 514 Å². The van der Waals surface area contributed by atoms with Crippen LogP contribution in [0.4, 0.5) is 0 Å². The first kappa shape index (κ1) is 80.4. The third-order valence-corrected chi connectivity index (χ3v) is 17.9. The van der Waals surface area contributed by atoms with Gasteiger partial charge in [-0.2, -0.15) is 0 Å². The van der Waals surface area contributed by atoms with E-state index in [9.17, 15) is 14.4 Å². The molecule has 0 fully saturated rings. The Bertz CT molecular complexity index is 1240. The molecular weight excluding hydrogens is 1010 g/mol. The van der Waals surface area contributed by atoms with Crippen molar-refractivity contribution in [1.29, 1.82) is 0 Å². The second kappa shape index (κ2) is 71.9. The van der Waals surface area contributed by atoms with Gasteiger partial charge in [-0.1, -0.05) is 412 Å². The topological polar surface area (TPSA) is 78.9 Å². The van der Waals surface area contributed by atoms with Crippen LogP contribution in [-0.2, 0) is 28.6 Å². The second-order valence-electron chi connectivity index (χ2n) is 26.3. The van der Waals surface area contributed by atoms with Crippen LogP contribution in [-0.4, -0.2) is 37.2 Å². The number of hydrogen-bond donors (Lipinski definition) is 0. The van der Waals surface area contributed by atoms with E-state index in [1.54, 1.807) is 0 Å². The standard InChI is InChI=1S/C76H148O6/c1-4-7-10-13-16-19-22-25-28-30-31-32-33-34-35-36-37-38-39-40-41-42-43-44-45-46-49-51-54-57-60-63-66-69-75(78)81-72-73(71-80-74(77)68-65-62-59-56-53-50-47-27-24-21-18-15-12-9-6-3)82-76(79)70-67-64-61-58-55-52-48-29-26-23-20-17-14-11-8-5-2/h73H,4-72H2,1-3H3. The first-order valence-corrected chi connectivity index (χ1v) is 38.0. The van der Waals surface area contributed by atoms with Crippen LogP contribution in [0.15, 0.2) is 0 Å². The Morgan fingerprint density at radius 1 is 0.195 bits per heavy atom. The van der Waals surface area contributed by atoms with Gasteiger partial charge in [0.1, 0.15) is 13.2 Å². The molecule has 6 nitrogen and oxygen atoms in total. The summed E-state index contributed by atoms with van der Waals surface area (Å²) in [4.78, 5) is 38.4. The number of esters is 3. The molecule has 0 aromatic carbocycles. The van der Waals surface area contributed by atoms with Gasteiger partial charge in [0.15, 0.2) is 6.10 Å². The van der Waals surface area contributed by atoms with Gasteiger partial charge in [-0.25, -0.2) is 0 Å². The van der Waals surface area contributed by atoms with Gasteiger partial charge in [0.25, 0.3) is 0 Å². The lowest BCUT2D eigenvalue weighted by Gasteiger charge is -2.18. The number of ether oxygens (including phenoxy) is 3. The van der Waals surface area contributed by atoms with Gasteiger partial charge >= 0.3 is 17.9 Å². The molecule has 0 aromatic heterocycles. The molecule has 0 amide bonds. The molecule has 1 atom stereocenters. The highest BCUT2D eigenvalue weighted by Gasteiger charge is 2.20. The summed E-state index contributed by atoms with van der Waals surface area (Å²) in [6.45, 7) is 6.75. The smallest absolute Gasteiger partial charge is 0.306 e. The lowest BCUT2D eigenvalue weighted by molar-refractivity contribution is -0.167. The highest BCUT2D eigenvalue weighted by Crippen LogP contribution is 2.20. The second-order valence-corrected chi connectivity index (χ2v) is 26.3. The molecule has 0 saturated carbocycles. The van der Waals surface area contributed by atoms with Crippen LogP contribution in [0.2, 0.25) is 0 Å². The van der Waals surface area contributed by atoms with Crippen LogP contribution >= 0.6 is 0 Å². The molecule has 0 N–H and O–H groups in total. The van der Waals surface area contributed by atoms with Crippen molar-refractivity contribution in [2.45, 2.75) is 457 Å². The molecule has 0 aromatic rings.